The van der Waals surface area contributed by atoms with Crippen molar-refractivity contribution in [2.24, 2.45) is 0 Å². The summed E-state index contributed by atoms with van der Waals surface area (Å²) in [5.74, 6) is -0.282. The average Bonchev–Trinajstić information content (AvgIpc) is 2.21. The number of fused-ring (bicyclic) bond motifs is 1. The van der Waals surface area contributed by atoms with Crippen LogP contribution in [0.5, 0.6) is 5.75 Å². The van der Waals surface area contributed by atoms with Crippen LogP contribution in [0, 0.1) is 0 Å². The molecule has 0 radical (unpaired) electrons. The van der Waals surface area contributed by atoms with E-state index in [9.17, 15) is 18.3 Å². The van der Waals surface area contributed by atoms with Gasteiger partial charge in [0.1, 0.15) is 5.75 Å². The highest BCUT2D eigenvalue weighted by Crippen LogP contribution is 2.32. The van der Waals surface area contributed by atoms with Crippen LogP contribution in [-0.4, -0.2) is 11.3 Å². The molecule has 0 aliphatic carbocycles. The smallest absolute Gasteiger partial charge is 0.393 e. The van der Waals surface area contributed by atoms with Crippen molar-refractivity contribution < 1.29 is 18.3 Å². The quantitative estimate of drug-likeness (QED) is 0.786. The molecule has 0 atom stereocenters. The van der Waals surface area contributed by atoms with Gasteiger partial charge >= 0.3 is 6.18 Å². The zero-order valence-electron chi connectivity index (χ0n) is 8.25. The molecule has 84 valence electrons. The van der Waals surface area contributed by atoms with E-state index in [0.29, 0.717) is 5.39 Å². The van der Waals surface area contributed by atoms with Gasteiger partial charge < -0.3 is 5.11 Å². The molecule has 4 heteroatoms. The Labute approximate surface area is 90.1 Å². The molecule has 0 fully saturated rings. The van der Waals surface area contributed by atoms with Gasteiger partial charge in [0.2, 0.25) is 0 Å². The van der Waals surface area contributed by atoms with Gasteiger partial charge in [-0.2, -0.15) is 13.2 Å². The summed E-state index contributed by atoms with van der Waals surface area (Å²) >= 11 is 0. The molecular formula is C12H9F3O. The summed E-state index contributed by atoms with van der Waals surface area (Å²) < 4.78 is 36.6. The standard InChI is InChI=1S/C12H9F3O/c13-12(14,15)7-9-6-5-8-3-1-2-4-10(8)11(9)16/h1-6,16H,7H2. The Morgan fingerprint density at radius 1 is 1.00 bits per heavy atom. The number of alkyl halides is 3. The Hall–Kier alpha value is -1.71. The van der Waals surface area contributed by atoms with E-state index in [-0.39, 0.29) is 11.3 Å². The second-order valence-corrected chi connectivity index (χ2v) is 3.59. The lowest BCUT2D eigenvalue weighted by Crippen LogP contribution is -2.11. The predicted molar refractivity (Wildman–Crippen MR) is 55.4 cm³/mol. The van der Waals surface area contributed by atoms with Crippen LogP contribution < -0.4 is 0 Å². The Morgan fingerprint density at radius 2 is 1.69 bits per heavy atom. The number of benzene rings is 2. The molecule has 0 unspecified atom stereocenters. The normalized spacial score (nSPS) is 11.9. The second kappa shape index (κ2) is 3.70. The third kappa shape index (κ3) is 2.10. The van der Waals surface area contributed by atoms with E-state index in [1.54, 1.807) is 30.3 Å². The first kappa shape index (κ1) is 10.8. The highest BCUT2D eigenvalue weighted by atomic mass is 19.4. The lowest BCUT2D eigenvalue weighted by Gasteiger charge is -2.10. The maximum Gasteiger partial charge on any atom is 0.393 e. The van der Waals surface area contributed by atoms with Gasteiger partial charge in [-0.15, -0.1) is 0 Å². The van der Waals surface area contributed by atoms with Crippen molar-refractivity contribution in [2.45, 2.75) is 12.6 Å². The number of halogens is 3. The van der Waals surface area contributed by atoms with Gasteiger partial charge in [-0.25, -0.2) is 0 Å². The molecule has 0 aliphatic heterocycles. The summed E-state index contributed by atoms with van der Waals surface area (Å²) in [6, 6.07) is 9.68. The number of hydrogen-bond donors (Lipinski definition) is 1. The minimum atomic E-state index is -4.31. The third-order valence-corrected chi connectivity index (χ3v) is 2.38. The van der Waals surface area contributed by atoms with Crippen LogP contribution in [0.4, 0.5) is 13.2 Å². The van der Waals surface area contributed by atoms with Gasteiger partial charge in [-0.05, 0) is 5.39 Å². The Morgan fingerprint density at radius 3 is 2.38 bits per heavy atom. The SMILES string of the molecule is Oc1c(CC(F)(F)F)ccc2ccccc12. The third-order valence-electron chi connectivity index (χ3n) is 2.38. The minimum absolute atomic E-state index is 0.0915. The molecule has 2 aromatic rings. The summed E-state index contributed by atoms with van der Waals surface area (Å²) in [6.07, 6.45) is -5.41. The van der Waals surface area contributed by atoms with E-state index in [0.717, 1.165) is 5.39 Å². The van der Waals surface area contributed by atoms with Gasteiger partial charge in [-0.1, -0.05) is 36.4 Å². The molecule has 0 amide bonds. The zero-order valence-corrected chi connectivity index (χ0v) is 8.25. The molecule has 1 nitrogen and oxygen atoms in total. The van der Waals surface area contributed by atoms with Gasteiger partial charge in [0.05, 0.1) is 6.42 Å². The summed E-state index contributed by atoms with van der Waals surface area (Å²) in [6.45, 7) is 0. The largest absolute Gasteiger partial charge is 0.507 e. The summed E-state index contributed by atoms with van der Waals surface area (Å²) in [5.41, 5.74) is -0.0915. The molecule has 0 bridgehead atoms. The van der Waals surface area contributed by atoms with Crippen molar-refractivity contribution in [1.29, 1.82) is 0 Å². The maximum atomic E-state index is 12.2. The first-order chi connectivity index (χ1) is 7.47. The number of phenols is 1. The Balaban J connectivity index is 2.53. The van der Waals surface area contributed by atoms with Crippen LogP contribution in [0.2, 0.25) is 0 Å². The van der Waals surface area contributed by atoms with Crippen molar-refractivity contribution in [1.82, 2.24) is 0 Å². The predicted octanol–water partition coefficient (Wildman–Crippen LogP) is 3.65. The monoisotopic (exact) mass is 226 g/mol. The fraction of sp³-hybridized carbons (Fsp3) is 0.167. The van der Waals surface area contributed by atoms with E-state index >= 15 is 0 Å². The summed E-state index contributed by atoms with van der Waals surface area (Å²) in [4.78, 5) is 0. The van der Waals surface area contributed by atoms with Gasteiger partial charge in [0, 0.05) is 10.9 Å². The van der Waals surface area contributed by atoms with Crippen molar-refractivity contribution in [3.63, 3.8) is 0 Å². The summed E-state index contributed by atoms with van der Waals surface area (Å²) in [7, 11) is 0. The fourth-order valence-electron chi connectivity index (χ4n) is 1.66. The zero-order chi connectivity index (χ0) is 11.8. The van der Waals surface area contributed by atoms with Crippen LogP contribution in [0.3, 0.4) is 0 Å². The number of phenolic OH excluding ortho intramolecular Hbond substituents is 1. The van der Waals surface area contributed by atoms with Crippen molar-refractivity contribution in [2.75, 3.05) is 0 Å². The van der Waals surface area contributed by atoms with Gasteiger partial charge in [0.15, 0.2) is 0 Å². The first-order valence-electron chi connectivity index (χ1n) is 4.74. The number of aromatic hydroxyl groups is 1. The lowest BCUT2D eigenvalue weighted by molar-refractivity contribution is -0.127. The lowest BCUT2D eigenvalue weighted by atomic mass is 10.0. The highest BCUT2D eigenvalue weighted by Gasteiger charge is 2.29. The van der Waals surface area contributed by atoms with Gasteiger partial charge in [-0.3, -0.25) is 0 Å². The molecule has 2 aromatic carbocycles. The van der Waals surface area contributed by atoms with E-state index in [4.69, 9.17) is 0 Å². The van der Waals surface area contributed by atoms with E-state index in [1.165, 1.54) is 6.07 Å². The molecule has 0 saturated heterocycles. The molecular weight excluding hydrogens is 217 g/mol. The van der Waals surface area contributed by atoms with Crippen LogP contribution >= 0.6 is 0 Å². The second-order valence-electron chi connectivity index (χ2n) is 3.59. The molecule has 0 spiro atoms. The first-order valence-corrected chi connectivity index (χ1v) is 4.74. The number of hydrogen-bond acceptors (Lipinski definition) is 1. The van der Waals surface area contributed by atoms with Gasteiger partial charge in [0.25, 0.3) is 0 Å². The van der Waals surface area contributed by atoms with Crippen molar-refractivity contribution >= 4 is 10.8 Å². The Bertz CT molecular complexity index is 517. The minimum Gasteiger partial charge on any atom is -0.507 e. The molecule has 0 aliphatic rings. The van der Waals surface area contributed by atoms with Crippen molar-refractivity contribution in [3.05, 3.63) is 42.0 Å². The molecule has 0 saturated carbocycles. The topological polar surface area (TPSA) is 20.2 Å². The molecule has 16 heavy (non-hydrogen) atoms. The van der Waals surface area contributed by atoms with E-state index in [2.05, 4.69) is 0 Å². The Kier molecular flexibility index (Phi) is 2.50. The van der Waals surface area contributed by atoms with Crippen molar-refractivity contribution in [3.8, 4) is 5.75 Å². The van der Waals surface area contributed by atoms with Crippen LogP contribution in [0.25, 0.3) is 10.8 Å². The summed E-state index contributed by atoms with van der Waals surface area (Å²) in [5, 5.41) is 10.9. The molecule has 0 aromatic heterocycles. The highest BCUT2D eigenvalue weighted by molar-refractivity contribution is 5.89. The van der Waals surface area contributed by atoms with E-state index in [1.807, 2.05) is 0 Å². The van der Waals surface area contributed by atoms with Crippen LogP contribution in [0.15, 0.2) is 36.4 Å². The maximum absolute atomic E-state index is 12.2. The van der Waals surface area contributed by atoms with Crippen LogP contribution in [0.1, 0.15) is 5.56 Å². The molecule has 1 N–H and O–H groups in total. The molecule has 0 heterocycles. The van der Waals surface area contributed by atoms with Crippen LogP contribution in [-0.2, 0) is 6.42 Å². The average molecular weight is 226 g/mol. The van der Waals surface area contributed by atoms with E-state index < -0.39 is 12.6 Å². The number of rotatable bonds is 1. The fourth-order valence-corrected chi connectivity index (χ4v) is 1.66. The molecule has 2 rings (SSSR count).